The lowest BCUT2D eigenvalue weighted by molar-refractivity contribution is 0.542. The van der Waals surface area contributed by atoms with Gasteiger partial charge in [-0.1, -0.05) is 13.8 Å². The van der Waals surface area contributed by atoms with E-state index in [1.165, 1.54) is 14.9 Å². The Hall–Kier alpha value is -0.780. The summed E-state index contributed by atoms with van der Waals surface area (Å²) in [5.41, 5.74) is 3.35. The summed E-state index contributed by atoms with van der Waals surface area (Å²) in [6, 6.07) is 4.57. The van der Waals surface area contributed by atoms with E-state index in [9.17, 15) is 0 Å². The van der Waals surface area contributed by atoms with Gasteiger partial charge in [-0.3, -0.25) is 0 Å². The zero-order valence-corrected chi connectivity index (χ0v) is 14.5. The molecule has 1 atom stereocenters. The predicted molar refractivity (Wildman–Crippen MR) is 88.3 cm³/mol. The lowest BCUT2D eigenvalue weighted by atomic mass is 9.99. The number of rotatable bonds is 6. The summed E-state index contributed by atoms with van der Waals surface area (Å²) in [6.45, 7) is 7.22. The molecular weight excluding hydrogens is 334 g/mol. The minimum absolute atomic E-state index is 0.291. The van der Waals surface area contributed by atoms with Gasteiger partial charge in [-0.2, -0.15) is 10.2 Å². The Balaban J connectivity index is 2.33. The molecule has 1 N–H and O–H groups in total. The first-order valence-corrected chi connectivity index (χ1v) is 8.61. The van der Waals surface area contributed by atoms with Crippen molar-refractivity contribution in [3.8, 4) is 0 Å². The molecule has 0 aliphatic rings. The van der Waals surface area contributed by atoms with Gasteiger partial charge in [-0.25, -0.2) is 0 Å². The first kappa shape index (κ1) is 15.6. The van der Waals surface area contributed by atoms with E-state index in [1.807, 2.05) is 6.92 Å². The minimum Gasteiger partial charge on any atom is -0.310 e. The molecule has 0 aromatic carbocycles. The third kappa shape index (κ3) is 3.65. The topological polar surface area (TPSA) is 37.8 Å². The van der Waals surface area contributed by atoms with E-state index in [-0.39, 0.29) is 0 Å². The summed E-state index contributed by atoms with van der Waals surface area (Å²) in [4.78, 5) is 1.37. The number of halogens is 1. The van der Waals surface area contributed by atoms with E-state index in [0.29, 0.717) is 6.04 Å². The van der Waals surface area contributed by atoms with Crippen LogP contribution in [0, 0.1) is 6.92 Å². The first-order chi connectivity index (χ1) is 9.65. The molecule has 2 rings (SSSR count). The lowest BCUT2D eigenvalue weighted by Crippen LogP contribution is -2.24. The largest absolute Gasteiger partial charge is 0.310 e. The number of aryl methyl sites for hydroxylation is 2. The Kier molecular flexibility index (Phi) is 5.69. The monoisotopic (exact) mass is 353 g/mol. The standard InChI is InChI=1S/C15H20BrN3S/c1-4-13-11(8-10(3)18-19-13)14(17-5-2)9-15-12(16)6-7-20-15/h6-8,14,17H,4-5,9H2,1-3H3. The van der Waals surface area contributed by atoms with Crippen LogP contribution in [0.15, 0.2) is 22.0 Å². The summed E-state index contributed by atoms with van der Waals surface area (Å²) in [5.74, 6) is 0. The molecule has 0 aliphatic heterocycles. The van der Waals surface area contributed by atoms with Crippen molar-refractivity contribution in [3.63, 3.8) is 0 Å². The molecule has 5 heteroatoms. The van der Waals surface area contributed by atoms with Gasteiger partial charge < -0.3 is 5.32 Å². The number of hydrogen-bond acceptors (Lipinski definition) is 4. The summed E-state index contributed by atoms with van der Waals surface area (Å²) in [5, 5.41) is 14.2. The van der Waals surface area contributed by atoms with Crippen LogP contribution in [0.2, 0.25) is 0 Å². The number of likely N-dealkylation sites (N-methyl/N-ethyl adjacent to an activating group) is 1. The smallest absolute Gasteiger partial charge is 0.0676 e. The van der Waals surface area contributed by atoms with E-state index in [4.69, 9.17) is 0 Å². The fraction of sp³-hybridized carbons (Fsp3) is 0.467. The van der Waals surface area contributed by atoms with Gasteiger partial charge in [0.25, 0.3) is 0 Å². The number of nitrogens with one attached hydrogen (secondary N) is 1. The van der Waals surface area contributed by atoms with Crippen LogP contribution >= 0.6 is 27.3 Å². The first-order valence-electron chi connectivity index (χ1n) is 6.94. The molecule has 108 valence electrons. The Labute approximate surface area is 133 Å². The molecule has 0 aliphatic carbocycles. The molecule has 0 saturated carbocycles. The molecule has 0 saturated heterocycles. The Bertz CT molecular complexity index is 568. The van der Waals surface area contributed by atoms with Crippen molar-refractivity contribution < 1.29 is 0 Å². The Morgan fingerprint density at radius 3 is 2.75 bits per heavy atom. The molecule has 2 heterocycles. The van der Waals surface area contributed by atoms with E-state index in [2.05, 4.69) is 62.8 Å². The van der Waals surface area contributed by atoms with E-state index in [0.717, 1.165) is 30.8 Å². The van der Waals surface area contributed by atoms with Gasteiger partial charge in [0.2, 0.25) is 0 Å². The van der Waals surface area contributed by atoms with Crippen LogP contribution < -0.4 is 5.32 Å². The maximum absolute atomic E-state index is 4.35. The highest BCUT2D eigenvalue weighted by Crippen LogP contribution is 2.29. The quantitative estimate of drug-likeness (QED) is 0.850. The fourth-order valence-electron chi connectivity index (χ4n) is 2.31. The number of hydrogen-bond donors (Lipinski definition) is 1. The SMILES string of the molecule is CCNC(Cc1sccc1Br)c1cc(C)nnc1CC. The maximum atomic E-state index is 4.35. The molecular formula is C15H20BrN3S. The molecule has 0 radical (unpaired) electrons. The summed E-state index contributed by atoms with van der Waals surface area (Å²) in [6.07, 6.45) is 1.89. The van der Waals surface area contributed by atoms with Gasteiger partial charge in [-0.05, 0) is 58.9 Å². The van der Waals surface area contributed by atoms with Gasteiger partial charge in [-0.15, -0.1) is 11.3 Å². The second-order valence-corrected chi connectivity index (χ2v) is 6.60. The summed E-state index contributed by atoms with van der Waals surface area (Å²) in [7, 11) is 0. The zero-order valence-electron chi connectivity index (χ0n) is 12.1. The van der Waals surface area contributed by atoms with Crippen molar-refractivity contribution >= 4 is 27.3 Å². The average Bonchev–Trinajstić information content (AvgIpc) is 2.84. The molecule has 20 heavy (non-hydrogen) atoms. The van der Waals surface area contributed by atoms with Crippen LogP contribution in [-0.4, -0.2) is 16.7 Å². The molecule has 0 amide bonds. The highest BCUT2D eigenvalue weighted by atomic mass is 79.9. The van der Waals surface area contributed by atoms with Gasteiger partial charge >= 0.3 is 0 Å². The number of aromatic nitrogens is 2. The van der Waals surface area contributed by atoms with Crippen LogP contribution in [0.25, 0.3) is 0 Å². The van der Waals surface area contributed by atoms with Gasteiger partial charge in [0.1, 0.15) is 0 Å². The summed E-state index contributed by atoms with van der Waals surface area (Å²) < 4.78 is 1.20. The van der Waals surface area contributed by atoms with Crippen LogP contribution in [-0.2, 0) is 12.8 Å². The molecule has 2 aromatic heterocycles. The number of nitrogens with zero attached hydrogens (tertiary/aromatic N) is 2. The van der Waals surface area contributed by atoms with Crippen molar-refractivity contribution in [2.75, 3.05) is 6.54 Å². The molecule has 0 bridgehead atoms. The summed E-state index contributed by atoms with van der Waals surface area (Å²) >= 11 is 5.42. The normalized spacial score (nSPS) is 12.6. The van der Waals surface area contributed by atoms with Crippen molar-refractivity contribution in [3.05, 3.63) is 43.8 Å². The van der Waals surface area contributed by atoms with Crippen molar-refractivity contribution in [1.29, 1.82) is 0 Å². The third-order valence-corrected chi connectivity index (χ3v) is 5.22. The van der Waals surface area contributed by atoms with E-state index < -0.39 is 0 Å². The maximum Gasteiger partial charge on any atom is 0.0676 e. The van der Waals surface area contributed by atoms with Crippen LogP contribution in [0.1, 0.15) is 41.7 Å². The van der Waals surface area contributed by atoms with Crippen molar-refractivity contribution in [1.82, 2.24) is 15.5 Å². The van der Waals surface area contributed by atoms with E-state index in [1.54, 1.807) is 11.3 Å². The average molecular weight is 354 g/mol. The van der Waals surface area contributed by atoms with Crippen molar-refractivity contribution in [2.24, 2.45) is 0 Å². The van der Waals surface area contributed by atoms with Gasteiger partial charge in [0.05, 0.1) is 11.4 Å². The second kappa shape index (κ2) is 7.29. The molecule has 2 aromatic rings. The van der Waals surface area contributed by atoms with E-state index >= 15 is 0 Å². The highest BCUT2D eigenvalue weighted by molar-refractivity contribution is 9.10. The van der Waals surface area contributed by atoms with Gasteiger partial charge in [0.15, 0.2) is 0 Å². The fourth-order valence-corrected chi connectivity index (χ4v) is 3.87. The Morgan fingerprint density at radius 2 is 2.15 bits per heavy atom. The van der Waals surface area contributed by atoms with Crippen LogP contribution in [0.4, 0.5) is 0 Å². The van der Waals surface area contributed by atoms with Gasteiger partial charge in [0, 0.05) is 21.8 Å². The Morgan fingerprint density at radius 1 is 1.35 bits per heavy atom. The molecule has 3 nitrogen and oxygen atoms in total. The van der Waals surface area contributed by atoms with Crippen LogP contribution in [0.3, 0.4) is 0 Å². The molecule has 0 fully saturated rings. The number of thiophene rings is 1. The second-order valence-electron chi connectivity index (χ2n) is 4.75. The van der Waals surface area contributed by atoms with Crippen molar-refractivity contribution in [2.45, 2.75) is 39.7 Å². The molecule has 0 spiro atoms. The molecule has 1 unspecified atom stereocenters. The third-order valence-electron chi connectivity index (χ3n) is 3.27. The zero-order chi connectivity index (χ0) is 14.5. The lowest BCUT2D eigenvalue weighted by Gasteiger charge is -2.20. The predicted octanol–water partition coefficient (Wildman–Crippen LogP) is 4.06. The van der Waals surface area contributed by atoms with Crippen LogP contribution in [0.5, 0.6) is 0 Å². The highest BCUT2D eigenvalue weighted by Gasteiger charge is 2.18. The minimum atomic E-state index is 0.291.